The van der Waals surface area contributed by atoms with E-state index in [2.05, 4.69) is 25.7 Å². The molecule has 2 amide bonds. The Kier molecular flexibility index (Phi) is 3.97. The summed E-state index contributed by atoms with van der Waals surface area (Å²) in [5.41, 5.74) is 0. The van der Waals surface area contributed by atoms with Crippen molar-refractivity contribution < 1.29 is 9.59 Å². The summed E-state index contributed by atoms with van der Waals surface area (Å²) in [7, 11) is 0. The minimum atomic E-state index is -0.227. The normalized spacial score (nSPS) is 36.5. The van der Waals surface area contributed by atoms with Gasteiger partial charge >= 0.3 is 0 Å². The van der Waals surface area contributed by atoms with Crippen LogP contribution >= 0.6 is 11.8 Å². The van der Waals surface area contributed by atoms with Crippen LogP contribution in [0.4, 0.5) is 0 Å². The monoisotopic (exact) mass is 310 g/mol. The summed E-state index contributed by atoms with van der Waals surface area (Å²) in [4.78, 5) is 29.1. The van der Waals surface area contributed by atoms with Gasteiger partial charge in [0, 0.05) is 24.8 Å². The Bertz CT molecular complexity index is 454. The molecule has 0 radical (unpaired) electrons. The Labute approximate surface area is 131 Å². The van der Waals surface area contributed by atoms with E-state index in [4.69, 9.17) is 0 Å². The quantitative estimate of drug-likeness (QED) is 0.787. The molecule has 0 saturated carbocycles. The highest BCUT2D eigenvalue weighted by Gasteiger charge is 2.54. The Balaban J connectivity index is 1.80. The van der Waals surface area contributed by atoms with Crippen molar-refractivity contribution in [2.75, 3.05) is 12.3 Å². The number of hydrogen-bond donors (Lipinski definition) is 0. The zero-order valence-corrected chi connectivity index (χ0v) is 14.1. The molecule has 3 fully saturated rings. The number of carbonyl (C=O) groups excluding carboxylic acids is 2. The number of carbonyl (C=O) groups is 2. The van der Waals surface area contributed by atoms with Crippen molar-refractivity contribution in [2.24, 2.45) is 5.92 Å². The topological polar surface area (TPSA) is 40.6 Å². The first-order valence-electron chi connectivity index (χ1n) is 8.20. The van der Waals surface area contributed by atoms with Gasteiger partial charge in [0.15, 0.2) is 0 Å². The zero-order valence-electron chi connectivity index (χ0n) is 13.3. The van der Waals surface area contributed by atoms with Crippen LogP contribution in [0.15, 0.2) is 0 Å². The smallest absolute Gasteiger partial charge is 0.246 e. The van der Waals surface area contributed by atoms with E-state index in [-0.39, 0.29) is 22.7 Å². The molecule has 3 aliphatic heterocycles. The van der Waals surface area contributed by atoms with Gasteiger partial charge in [0.25, 0.3) is 0 Å². The third-order valence-electron chi connectivity index (χ3n) is 5.33. The molecule has 0 aromatic heterocycles. The van der Waals surface area contributed by atoms with Gasteiger partial charge in [-0.25, -0.2) is 0 Å². The molecule has 3 heterocycles. The summed E-state index contributed by atoms with van der Waals surface area (Å²) in [5.74, 6) is 1.62. The van der Waals surface area contributed by atoms with Gasteiger partial charge < -0.3 is 9.80 Å². The van der Waals surface area contributed by atoms with Gasteiger partial charge in [0.2, 0.25) is 11.8 Å². The van der Waals surface area contributed by atoms with E-state index in [1.807, 2.05) is 4.90 Å². The molecule has 3 saturated heterocycles. The van der Waals surface area contributed by atoms with Crippen LogP contribution in [0, 0.1) is 5.92 Å². The molecule has 3 rings (SSSR count). The van der Waals surface area contributed by atoms with Crippen molar-refractivity contribution >= 4 is 23.6 Å². The lowest BCUT2D eigenvalue weighted by molar-refractivity contribution is -0.147. The van der Waals surface area contributed by atoms with Crippen molar-refractivity contribution in [1.29, 1.82) is 0 Å². The van der Waals surface area contributed by atoms with Gasteiger partial charge in [-0.3, -0.25) is 9.59 Å². The van der Waals surface area contributed by atoms with Crippen LogP contribution in [-0.4, -0.2) is 50.9 Å². The fourth-order valence-electron chi connectivity index (χ4n) is 4.12. The average molecular weight is 310 g/mol. The first-order chi connectivity index (χ1) is 9.94. The Morgan fingerprint density at radius 1 is 1.38 bits per heavy atom. The maximum absolute atomic E-state index is 13.1. The van der Waals surface area contributed by atoms with E-state index < -0.39 is 0 Å². The molecule has 4 nitrogen and oxygen atoms in total. The molecule has 0 aromatic rings. The first-order valence-corrected chi connectivity index (χ1v) is 9.19. The van der Waals surface area contributed by atoms with Gasteiger partial charge in [-0.2, -0.15) is 0 Å². The van der Waals surface area contributed by atoms with E-state index in [0.717, 1.165) is 31.6 Å². The molecular formula is C16H26N2O2S. The fraction of sp³-hybridized carbons (Fsp3) is 0.875. The van der Waals surface area contributed by atoms with Crippen molar-refractivity contribution in [1.82, 2.24) is 9.80 Å². The Morgan fingerprint density at radius 2 is 2.14 bits per heavy atom. The minimum absolute atomic E-state index is 0.138. The molecule has 0 aromatic carbocycles. The van der Waals surface area contributed by atoms with Crippen LogP contribution in [0.5, 0.6) is 0 Å². The summed E-state index contributed by atoms with van der Waals surface area (Å²) in [5, 5.41) is 0. The van der Waals surface area contributed by atoms with E-state index in [9.17, 15) is 9.59 Å². The van der Waals surface area contributed by atoms with Crippen LogP contribution in [0.2, 0.25) is 0 Å². The number of hydrogen-bond acceptors (Lipinski definition) is 3. The van der Waals surface area contributed by atoms with Crippen LogP contribution in [-0.2, 0) is 9.59 Å². The molecule has 0 bridgehead atoms. The van der Waals surface area contributed by atoms with Gasteiger partial charge in [-0.15, -0.1) is 11.8 Å². The molecule has 3 aliphatic rings. The molecule has 5 heteroatoms. The van der Waals surface area contributed by atoms with Crippen molar-refractivity contribution in [3.8, 4) is 0 Å². The molecule has 0 N–H and O–H groups in total. The predicted molar refractivity (Wildman–Crippen MR) is 84.9 cm³/mol. The number of fused-ring (bicyclic) bond motifs is 1. The summed E-state index contributed by atoms with van der Waals surface area (Å²) >= 11 is 1.79. The Morgan fingerprint density at radius 3 is 2.86 bits per heavy atom. The summed E-state index contributed by atoms with van der Waals surface area (Å²) in [6.45, 7) is 7.38. The molecule has 0 unspecified atom stereocenters. The van der Waals surface area contributed by atoms with Crippen LogP contribution in [0.1, 0.15) is 52.9 Å². The number of nitrogens with zero attached hydrogens (tertiary/aromatic N) is 2. The lowest BCUT2D eigenvalue weighted by atomic mass is 9.92. The second kappa shape index (κ2) is 5.49. The van der Waals surface area contributed by atoms with E-state index in [1.54, 1.807) is 11.8 Å². The summed E-state index contributed by atoms with van der Waals surface area (Å²) < 4.78 is 0. The minimum Gasteiger partial charge on any atom is -0.338 e. The van der Waals surface area contributed by atoms with Gasteiger partial charge in [-0.1, -0.05) is 13.8 Å². The van der Waals surface area contributed by atoms with Gasteiger partial charge in [-0.05, 0) is 38.5 Å². The van der Waals surface area contributed by atoms with Crippen molar-refractivity contribution in [2.45, 2.75) is 69.8 Å². The largest absolute Gasteiger partial charge is 0.338 e. The maximum Gasteiger partial charge on any atom is 0.246 e. The first kappa shape index (κ1) is 15.2. The maximum atomic E-state index is 13.1. The fourth-order valence-corrected chi connectivity index (χ4v) is 5.54. The van der Waals surface area contributed by atoms with Crippen LogP contribution in [0.3, 0.4) is 0 Å². The highest BCUT2D eigenvalue weighted by Crippen LogP contribution is 2.47. The highest BCUT2D eigenvalue weighted by molar-refractivity contribution is 8.01. The number of amides is 2. The SMILES string of the molecule is CC(C)[C@@H]1CCCCN1C(=O)[C@@H]1CS[C@]2(C)CCC(=O)N12. The summed E-state index contributed by atoms with van der Waals surface area (Å²) in [6, 6.07) is 0.121. The molecular weight excluding hydrogens is 284 g/mol. The summed E-state index contributed by atoms with van der Waals surface area (Å²) in [6.07, 6.45) is 4.90. The van der Waals surface area contributed by atoms with E-state index in [0.29, 0.717) is 18.4 Å². The third-order valence-corrected chi connectivity index (χ3v) is 6.84. The van der Waals surface area contributed by atoms with Crippen LogP contribution in [0.25, 0.3) is 0 Å². The zero-order chi connectivity index (χ0) is 15.2. The van der Waals surface area contributed by atoms with Crippen LogP contribution < -0.4 is 0 Å². The van der Waals surface area contributed by atoms with Crippen molar-refractivity contribution in [3.05, 3.63) is 0 Å². The van der Waals surface area contributed by atoms with Gasteiger partial charge in [0.1, 0.15) is 6.04 Å². The predicted octanol–water partition coefficient (Wildman–Crippen LogP) is 2.48. The molecule has 0 aliphatic carbocycles. The van der Waals surface area contributed by atoms with E-state index in [1.165, 1.54) is 6.42 Å². The Hall–Kier alpha value is -0.710. The number of thioether (sulfide) groups is 1. The highest BCUT2D eigenvalue weighted by atomic mass is 32.2. The molecule has 21 heavy (non-hydrogen) atoms. The van der Waals surface area contributed by atoms with Crippen molar-refractivity contribution in [3.63, 3.8) is 0 Å². The molecule has 0 spiro atoms. The van der Waals surface area contributed by atoms with Gasteiger partial charge in [0.05, 0.1) is 4.87 Å². The number of piperidine rings is 1. The van der Waals surface area contributed by atoms with E-state index >= 15 is 0 Å². The standard InChI is InChI=1S/C16H26N2O2S/c1-11(2)12-6-4-5-9-17(12)15(20)13-10-21-16(3)8-7-14(19)18(13)16/h11-13H,4-10H2,1-3H3/t12-,13-,16+/m0/s1. The number of likely N-dealkylation sites (tertiary alicyclic amines) is 1. The second-order valence-corrected chi connectivity index (χ2v) is 8.61. The third kappa shape index (κ3) is 2.47. The lowest BCUT2D eigenvalue weighted by Crippen LogP contribution is -2.56. The molecule has 3 atom stereocenters. The second-order valence-electron chi connectivity index (χ2n) is 7.10. The number of rotatable bonds is 2. The average Bonchev–Trinajstić information content (AvgIpc) is 2.95. The lowest BCUT2D eigenvalue weighted by Gasteiger charge is -2.41. The molecule has 118 valence electrons.